The van der Waals surface area contributed by atoms with Gasteiger partial charge in [0.25, 0.3) is 5.56 Å². The number of aryl methyl sites for hydroxylation is 1. The Balaban J connectivity index is 1.86. The first kappa shape index (κ1) is 19.6. The van der Waals surface area contributed by atoms with Crippen LogP contribution < -0.4 is 10.9 Å². The summed E-state index contributed by atoms with van der Waals surface area (Å²) in [6.45, 7) is 7.95. The lowest BCUT2D eigenvalue weighted by molar-refractivity contribution is -0.125. The van der Waals surface area contributed by atoms with Gasteiger partial charge in [-0.25, -0.2) is 4.68 Å². The fourth-order valence-electron chi connectivity index (χ4n) is 3.67. The van der Waals surface area contributed by atoms with Gasteiger partial charge in [-0.15, -0.1) is 0 Å². The molecule has 1 amide bonds. The van der Waals surface area contributed by atoms with Crippen molar-refractivity contribution in [2.45, 2.75) is 83.9 Å². The van der Waals surface area contributed by atoms with Gasteiger partial charge in [0.2, 0.25) is 5.91 Å². The number of amides is 1. The number of nitrogens with zero attached hydrogens (tertiary/aromatic N) is 3. The van der Waals surface area contributed by atoms with Crippen molar-refractivity contribution in [2.75, 3.05) is 0 Å². The molecule has 2 aromatic rings. The van der Waals surface area contributed by atoms with Crippen molar-refractivity contribution < 1.29 is 9.90 Å². The Morgan fingerprint density at radius 3 is 2.74 bits per heavy atom. The minimum absolute atomic E-state index is 0.0349. The van der Waals surface area contributed by atoms with Gasteiger partial charge >= 0.3 is 0 Å². The van der Waals surface area contributed by atoms with Gasteiger partial charge in [-0.1, -0.05) is 27.2 Å². The highest BCUT2D eigenvalue weighted by atomic mass is 16.3. The highest BCUT2D eigenvalue weighted by Gasteiger charge is 2.39. The van der Waals surface area contributed by atoms with Gasteiger partial charge in [-0.2, -0.15) is 5.10 Å². The monoisotopic (exact) mass is 374 g/mol. The van der Waals surface area contributed by atoms with Crippen LogP contribution in [0.1, 0.15) is 70.7 Å². The number of unbranched alkanes of at least 4 members (excludes halogenated alkanes) is 1. The molecule has 148 valence electrons. The minimum Gasteiger partial charge on any atom is -0.390 e. The molecule has 2 heterocycles. The van der Waals surface area contributed by atoms with Crippen LogP contribution in [0.5, 0.6) is 0 Å². The molecular formula is C20H30N4O3. The molecule has 0 aromatic carbocycles. The molecule has 1 aliphatic rings. The van der Waals surface area contributed by atoms with Crippen molar-refractivity contribution in [3.05, 3.63) is 34.0 Å². The maximum absolute atomic E-state index is 12.9. The molecule has 0 bridgehead atoms. The molecule has 2 N–H and O–H groups in total. The Bertz CT molecular complexity index is 886. The largest absolute Gasteiger partial charge is 0.390 e. The lowest BCUT2D eigenvalue weighted by atomic mass is 9.77. The van der Waals surface area contributed by atoms with Gasteiger partial charge in [0.1, 0.15) is 17.9 Å². The number of fused-ring (bicyclic) bond motifs is 1. The molecule has 1 aliphatic carbocycles. The van der Waals surface area contributed by atoms with Crippen molar-refractivity contribution in [3.63, 3.8) is 0 Å². The topological polar surface area (TPSA) is 88.6 Å². The second-order valence-electron chi connectivity index (χ2n) is 8.34. The third-order valence-corrected chi connectivity index (χ3v) is 5.26. The third-order valence-electron chi connectivity index (χ3n) is 5.26. The maximum Gasteiger partial charge on any atom is 0.291 e. The van der Waals surface area contributed by atoms with E-state index in [1.807, 2.05) is 16.7 Å². The van der Waals surface area contributed by atoms with Crippen LogP contribution in [-0.2, 0) is 17.8 Å². The summed E-state index contributed by atoms with van der Waals surface area (Å²) in [5.41, 5.74) is 0.709. The van der Waals surface area contributed by atoms with Gasteiger partial charge in [0, 0.05) is 18.7 Å². The second-order valence-corrected chi connectivity index (χ2v) is 8.34. The van der Waals surface area contributed by atoms with E-state index in [-0.39, 0.29) is 24.1 Å². The predicted molar refractivity (Wildman–Crippen MR) is 104 cm³/mol. The van der Waals surface area contributed by atoms with E-state index in [4.69, 9.17) is 0 Å². The van der Waals surface area contributed by atoms with Crippen LogP contribution in [0.2, 0.25) is 0 Å². The first-order valence-electron chi connectivity index (χ1n) is 9.84. The van der Waals surface area contributed by atoms with Crippen molar-refractivity contribution >= 4 is 11.4 Å². The van der Waals surface area contributed by atoms with E-state index in [1.165, 1.54) is 4.68 Å². The molecule has 7 heteroatoms. The van der Waals surface area contributed by atoms with Crippen molar-refractivity contribution in [1.29, 1.82) is 0 Å². The standard InChI is InChI=1S/C20H30N4O3/c1-5-6-7-17-22-24(12-18(25)21-15-9-20(4,27)10-15)19(26)16-8-14(13(2)3)11-23(16)17/h8,11,13,15,27H,5-7,9-10,12H2,1-4H3,(H,21,25). The smallest absolute Gasteiger partial charge is 0.291 e. The lowest BCUT2D eigenvalue weighted by Crippen LogP contribution is -2.54. The molecule has 0 radical (unpaired) electrons. The molecule has 0 unspecified atom stereocenters. The van der Waals surface area contributed by atoms with Crippen molar-refractivity contribution in [3.8, 4) is 0 Å². The van der Waals surface area contributed by atoms with Crippen LogP contribution in [0.15, 0.2) is 17.1 Å². The van der Waals surface area contributed by atoms with Gasteiger partial charge in [-0.3, -0.25) is 14.0 Å². The first-order valence-corrected chi connectivity index (χ1v) is 9.84. The number of aromatic nitrogens is 3. The van der Waals surface area contributed by atoms with Gasteiger partial charge in [0.15, 0.2) is 0 Å². The SMILES string of the molecule is CCCCc1nn(CC(=O)NC2CC(C)(O)C2)c(=O)c2cc(C(C)C)cn12. The Kier molecular flexibility index (Phi) is 5.42. The fourth-order valence-corrected chi connectivity index (χ4v) is 3.67. The summed E-state index contributed by atoms with van der Waals surface area (Å²) in [6, 6.07) is 1.87. The van der Waals surface area contributed by atoms with E-state index in [9.17, 15) is 14.7 Å². The number of carbonyl (C=O) groups excluding carboxylic acids is 1. The number of hydrogen-bond donors (Lipinski definition) is 2. The number of carbonyl (C=O) groups is 1. The summed E-state index contributed by atoms with van der Waals surface area (Å²) >= 11 is 0. The number of aliphatic hydroxyl groups is 1. The number of hydrogen-bond acceptors (Lipinski definition) is 4. The van der Waals surface area contributed by atoms with E-state index in [0.29, 0.717) is 24.3 Å². The van der Waals surface area contributed by atoms with E-state index in [0.717, 1.165) is 30.7 Å². The maximum atomic E-state index is 12.9. The zero-order valence-corrected chi connectivity index (χ0v) is 16.7. The summed E-state index contributed by atoms with van der Waals surface area (Å²) in [5.74, 6) is 0.871. The Morgan fingerprint density at radius 1 is 1.44 bits per heavy atom. The molecule has 0 saturated heterocycles. The van der Waals surface area contributed by atoms with E-state index >= 15 is 0 Å². The molecule has 0 spiro atoms. The van der Waals surface area contributed by atoms with Gasteiger partial charge in [0.05, 0.1) is 5.60 Å². The van der Waals surface area contributed by atoms with E-state index < -0.39 is 5.60 Å². The molecular weight excluding hydrogens is 344 g/mol. The minimum atomic E-state index is -0.696. The molecule has 27 heavy (non-hydrogen) atoms. The molecule has 1 saturated carbocycles. The summed E-state index contributed by atoms with van der Waals surface area (Å²) in [7, 11) is 0. The highest BCUT2D eigenvalue weighted by molar-refractivity contribution is 5.76. The number of nitrogens with one attached hydrogen (secondary N) is 1. The lowest BCUT2D eigenvalue weighted by Gasteiger charge is -2.41. The summed E-state index contributed by atoms with van der Waals surface area (Å²) < 4.78 is 3.15. The molecule has 7 nitrogen and oxygen atoms in total. The molecule has 0 aliphatic heterocycles. The van der Waals surface area contributed by atoms with E-state index in [2.05, 4.69) is 31.2 Å². The average Bonchev–Trinajstić information content (AvgIpc) is 3.00. The zero-order valence-electron chi connectivity index (χ0n) is 16.7. The second kappa shape index (κ2) is 7.46. The Morgan fingerprint density at radius 2 is 2.15 bits per heavy atom. The number of rotatable bonds is 7. The molecule has 2 aromatic heterocycles. The van der Waals surface area contributed by atoms with Crippen LogP contribution in [0.25, 0.3) is 5.52 Å². The van der Waals surface area contributed by atoms with Gasteiger partial charge in [-0.05, 0) is 43.7 Å². The Labute approximate surface area is 159 Å². The van der Waals surface area contributed by atoms with Crippen LogP contribution >= 0.6 is 0 Å². The predicted octanol–water partition coefficient (Wildman–Crippen LogP) is 1.99. The quantitative estimate of drug-likeness (QED) is 0.776. The molecule has 0 atom stereocenters. The normalized spacial score (nSPS) is 22.2. The van der Waals surface area contributed by atoms with Crippen molar-refractivity contribution in [1.82, 2.24) is 19.5 Å². The van der Waals surface area contributed by atoms with Crippen LogP contribution in [0, 0.1) is 0 Å². The summed E-state index contributed by atoms with van der Waals surface area (Å²) in [4.78, 5) is 25.2. The van der Waals surface area contributed by atoms with Crippen molar-refractivity contribution in [2.24, 2.45) is 0 Å². The highest BCUT2D eigenvalue weighted by Crippen LogP contribution is 2.31. The first-order chi connectivity index (χ1) is 12.7. The Hall–Kier alpha value is -2.15. The van der Waals surface area contributed by atoms with Crippen LogP contribution in [-0.4, -0.2) is 36.8 Å². The van der Waals surface area contributed by atoms with E-state index in [1.54, 1.807) is 6.92 Å². The summed E-state index contributed by atoms with van der Waals surface area (Å²) in [6.07, 6.45) is 5.82. The van der Waals surface area contributed by atoms with Crippen LogP contribution in [0.3, 0.4) is 0 Å². The third kappa shape index (κ3) is 4.24. The zero-order chi connectivity index (χ0) is 19.8. The fraction of sp³-hybridized carbons (Fsp3) is 0.650. The molecule has 1 fully saturated rings. The summed E-state index contributed by atoms with van der Waals surface area (Å²) in [5, 5.41) is 17.2. The molecule has 3 rings (SSSR count). The van der Waals surface area contributed by atoms with Gasteiger partial charge < -0.3 is 10.4 Å². The van der Waals surface area contributed by atoms with Crippen LogP contribution in [0.4, 0.5) is 0 Å². The average molecular weight is 374 g/mol.